The first-order valence-electron chi connectivity index (χ1n) is 6.04. The topological polar surface area (TPSA) is 133 Å². The van der Waals surface area contributed by atoms with Crippen LogP contribution in [0.25, 0.3) is 0 Å². The van der Waals surface area contributed by atoms with E-state index in [9.17, 15) is 25.9 Å². The van der Waals surface area contributed by atoms with Crippen LogP contribution in [0.15, 0.2) is 0 Å². The van der Waals surface area contributed by atoms with Crippen LogP contribution in [0.1, 0.15) is 40.5 Å². The van der Waals surface area contributed by atoms with Crippen LogP contribution in [-0.4, -0.2) is 76.9 Å². The van der Waals surface area contributed by atoms with Crippen molar-refractivity contribution in [1.29, 1.82) is 0 Å². The number of hydrogen-bond donors (Lipinski definition) is 0. The first kappa shape index (κ1) is 26.9. The largest absolute Gasteiger partial charge is 2.00 e. The van der Waals surface area contributed by atoms with Crippen LogP contribution in [0.2, 0.25) is 0 Å². The fourth-order valence-electron chi connectivity index (χ4n) is 0.772. The van der Waals surface area contributed by atoms with E-state index in [0.717, 1.165) is 0 Å². The van der Waals surface area contributed by atoms with Crippen molar-refractivity contribution >= 4 is 58.5 Å². The Kier molecular flexibility index (Phi) is 17.2. The van der Waals surface area contributed by atoms with Crippen LogP contribution >= 0.6 is 0 Å². The molecule has 11 heteroatoms. The Hall–Kier alpha value is 1.000. The predicted octanol–water partition coefficient (Wildman–Crippen LogP) is 0.638. The van der Waals surface area contributed by atoms with Crippen LogP contribution in [0.3, 0.4) is 0 Å². The first-order valence-corrected chi connectivity index (χ1v) is 8.70. The van der Waals surface area contributed by atoms with Gasteiger partial charge < -0.3 is 9.11 Å². The molecule has 0 fully saturated rings. The van der Waals surface area contributed by atoms with E-state index in [-0.39, 0.29) is 51.0 Å². The summed E-state index contributed by atoms with van der Waals surface area (Å²) in [5.41, 5.74) is 0. The summed E-state index contributed by atoms with van der Waals surface area (Å²) in [6.45, 7) is 7.65. The van der Waals surface area contributed by atoms with E-state index < -0.39 is 20.8 Å². The maximum absolute atomic E-state index is 9.83. The van der Waals surface area contributed by atoms with Gasteiger partial charge in [0.05, 0.1) is 13.2 Å². The molecule has 0 aliphatic carbocycles. The molecule has 0 aromatic heterocycles. The van der Waals surface area contributed by atoms with E-state index in [2.05, 4.69) is 8.37 Å². The Bertz CT molecular complexity index is 388. The molecule has 0 aliphatic heterocycles. The van der Waals surface area contributed by atoms with Crippen LogP contribution in [0.4, 0.5) is 0 Å². The molecule has 0 N–H and O–H groups in total. The minimum absolute atomic E-state index is 0. The summed E-state index contributed by atoms with van der Waals surface area (Å²) in [5.74, 6) is 0.698. The molecule has 124 valence electrons. The summed E-state index contributed by atoms with van der Waals surface area (Å²) >= 11 is 0. The average Bonchev–Trinajstić information content (AvgIpc) is 2.12. The minimum atomic E-state index is -4.47. The molecule has 0 atom stereocenters. The normalized spacial score (nSPS) is 11.8. The van der Waals surface area contributed by atoms with Gasteiger partial charge in [-0.1, -0.05) is 27.7 Å². The van der Waals surface area contributed by atoms with E-state index in [1.54, 1.807) is 0 Å². The quantitative estimate of drug-likeness (QED) is 0.343. The monoisotopic (exact) mass is 374 g/mol. The molecule has 0 aliphatic rings. The van der Waals surface area contributed by atoms with Crippen molar-refractivity contribution in [2.24, 2.45) is 11.8 Å². The van der Waals surface area contributed by atoms with Crippen molar-refractivity contribution in [3.8, 4) is 0 Å². The summed E-state index contributed by atoms with van der Waals surface area (Å²) in [6.07, 6.45) is 1.17. The van der Waals surface area contributed by atoms with Gasteiger partial charge in [-0.05, 0) is 24.7 Å². The van der Waals surface area contributed by atoms with Crippen molar-refractivity contribution in [2.45, 2.75) is 40.5 Å². The molecule has 0 aromatic carbocycles. The standard InChI is InChI=1S/2C5H12O4S.Ca/c2*1-5(2)3-4-9-10(6,7)8;/h2*5H,3-4H2,1-2H3,(H,6,7,8);/q;;+2/p-2. The molecule has 0 saturated carbocycles. The zero-order valence-corrected chi connectivity index (χ0v) is 16.6. The molecule has 0 saturated heterocycles. The number of rotatable bonds is 8. The average molecular weight is 374 g/mol. The van der Waals surface area contributed by atoms with Gasteiger partial charge in [0.1, 0.15) is 0 Å². The maximum atomic E-state index is 9.83. The van der Waals surface area contributed by atoms with Gasteiger partial charge in [0.25, 0.3) is 0 Å². The molecule has 0 spiro atoms. The molecule has 0 aromatic rings. The zero-order chi connectivity index (χ0) is 16.4. The fourth-order valence-corrected chi connectivity index (χ4v) is 1.37. The Morgan fingerprint density at radius 1 is 0.762 bits per heavy atom. The third kappa shape index (κ3) is 33.7. The van der Waals surface area contributed by atoms with Crippen molar-refractivity contribution in [2.75, 3.05) is 13.2 Å². The predicted molar refractivity (Wildman–Crippen MR) is 76.0 cm³/mol. The van der Waals surface area contributed by atoms with E-state index in [1.165, 1.54) is 0 Å². The molecule has 8 nitrogen and oxygen atoms in total. The van der Waals surface area contributed by atoms with Crippen LogP contribution < -0.4 is 0 Å². The van der Waals surface area contributed by atoms with Gasteiger partial charge in [-0.25, -0.2) is 16.8 Å². The second-order valence-corrected chi connectivity index (χ2v) is 6.93. The molecule has 0 heterocycles. The molecule has 0 unspecified atom stereocenters. The van der Waals surface area contributed by atoms with E-state index in [4.69, 9.17) is 0 Å². The van der Waals surface area contributed by atoms with Gasteiger partial charge in [0.15, 0.2) is 0 Å². The van der Waals surface area contributed by atoms with Crippen molar-refractivity contribution in [3.05, 3.63) is 0 Å². The van der Waals surface area contributed by atoms with Gasteiger partial charge in [0.2, 0.25) is 20.8 Å². The molecule has 0 bridgehead atoms. The second-order valence-electron chi connectivity index (χ2n) is 4.83. The second kappa shape index (κ2) is 13.4. The Morgan fingerprint density at radius 3 is 1.14 bits per heavy atom. The Morgan fingerprint density at radius 2 is 1.00 bits per heavy atom. The molecule has 21 heavy (non-hydrogen) atoms. The van der Waals surface area contributed by atoms with E-state index in [0.29, 0.717) is 24.7 Å². The number of hydrogen-bond acceptors (Lipinski definition) is 8. The van der Waals surface area contributed by atoms with Gasteiger partial charge in [0, 0.05) is 0 Å². The molecule has 0 radical (unpaired) electrons. The summed E-state index contributed by atoms with van der Waals surface area (Å²) in [5, 5.41) is 0. The maximum Gasteiger partial charge on any atom is 2.00 e. The first-order chi connectivity index (χ1) is 8.83. The molecule has 0 amide bonds. The van der Waals surface area contributed by atoms with Crippen molar-refractivity contribution in [3.63, 3.8) is 0 Å². The SMILES string of the molecule is CC(C)CCOS(=O)(=O)[O-].CC(C)CCOS(=O)(=O)[O-].[Ca+2]. The fraction of sp³-hybridized carbons (Fsp3) is 1.00. The summed E-state index contributed by atoms with van der Waals surface area (Å²) in [4.78, 5) is 0. The minimum Gasteiger partial charge on any atom is -0.726 e. The van der Waals surface area contributed by atoms with Crippen LogP contribution in [0, 0.1) is 11.8 Å². The third-order valence-electron chi connectivity index (χ3n) is 1.85. The Balaban J connectivity index is -0.000000295. The molecule has 0 rings (SSSR count). The van der Waals surface area contributed by atoms with Crippen LogP contribution in [0.5, 0.6) is 0 Å². The van der Waals surface area contributed by atoms with Crippen molar-refractivity contribution in [1.82, 2.24) is 0 Å². The van der Waals surface area contributed by atoms with E-state index in [1.807, 2.05) is 27.7 Å². The van der Waals surface area contributed by atoms with Crippen LogP contribution in [-0.2, 0) is 29.2 Å². The summed E-state index contributed by atoms with van der Waals surface area (Å²) in [7, 11) is -8.94. The van der Waals surface area contributed by atoms with Crippen molar-refractivity contribution < 1.29 is 34.3 Å². The molecular weight excluding hydrogens is 352 g/mol. The molecular formula is C10H22CaO8S2. The summed E-state index contributed by atoms with van der Waals surface area (Å²) < 4.78 is 66.9. The van der Waals surface area contributed by atoms with Gasteiger partial charge in [-0.15, -0.1) is 0 Å². The zero-order valence-electron chi connectivity index (χ0n) is 12.8. The Labute approximate surface area is 157 Å². The smallest absolute Gasteiger partial charge is 0.726 e. The third-order valence-corrected chi connectivity index (χ3v) is 2.76. The van der Waals surface area contributed by atoms with Gasteiger partial charge >= 0.3 is 37.7 Å². The van der Waals surface area contributed by atoms with Gasteiger partial charge in [-0.2, -0.15) is 0 Å². The summed E-state index contributed by atoms with van der Waals surface area (Å²) in [6, 6.07) is 0. The van der Waals surface area contributed by atoms with E-state index >= 15 is 0 Å². The van der Waals surface area contributed by atoms with Gasteiger partial charge in [-0.3, -0.25) is 8.37 Å².